The highest BCUT2D eigenvalue weighted by Gasteiger charge is 2.23. The predicted octanol–water partition coefficient (Wildman–Crippen LogP) is 6.41. The molecule has 4 heteroatoms. The molecule has 28 heavy (non-hydrogen) atoms. The van der Waals surface area contributed by atoms with E-state index in [2.05, 4.69) is 94.9 Å². The Bertz CT molecular complexity index is 1100. The van der Waals surface area contributed by atoms with Crippen molar-refractivity contribution in [1.82, 2.24) is 4.98 Å². The van der Waals surface area contributed by atoms with Gasteiger partial charge in [-0.2, -0.15) is 0 Å². The number of hydrogen-bond donors (Lipinski definition) is 2. The molecule has 1 unspecified atom stereocenters. The molecule has 0 amide bonds. The topological polar surface area (TPSA) is 31.1 Å². The Kier molecular flexibility index (Phi) is 4.49. The van der Waals surface area contributed by atoms with Crippen LogP contribution in [0.2, 0.25) is 0 Å². The van der Waals surface area contributed by atoms with E-state index >= 15 is 0 Å². The van der Waals surface area contributed by atoms with Crippen LogP contribution >= 0.6 is 11.8 Å². The lowest BCUT2D eigenvalue weighted by Crippen LogP contribution is -2.32. The van der Waals surface area contributed by atoms with E-state index in [1.807, 2.05) is 18.0 Å². The van der Waals surface area contributed by atoms with Crippen LogP contribution in [-0.2, 0) is 6.54 Å². The van der Waals surface area contributed by atoms with Gasteiger partial charge in [0.1, 0.15) is 0 Å². The first-order chi connectivity index (χ1) is 13.8. The Morgan fingerprint density at radius 3 is 2.75 bits per heavy atom. The lowest BCUT2D eigenvalue weighted by atomic mass is 10.1. The number of fused-ring (bicyclic) bond motifs is 2. The second kappa shape index (κ2) is 7.28. The third kappa shape index (κ3) is 3.36. The molecule has 3 aromatic carbocycles. The highest BCUT2D eigenvalue weighted by molar-refractivity contribution is 8.00. The van der Waals surface area contributed by atoms with Crippen molar-refractivity contribution in [3.8, 4) is 0 Å². The molecule has 2 heterocycles. The van der Waals surface area contributed by atoms with Gasteiger partial charge in [-0.3, -0.25) is 0 Å². The first-order valence-corrected chi connectivity index (χ1v) is 10.6. The third-order valence-corrected chi connectivity index (χ3v) is 6.34. The number of rotatable bonds is 4. The number of para-hydroxylation sites is 1. The van der Waals surface area contributed by atoms with Crippen molar-refractivity contribution in [2.24, 2.45) is 0 Å². The molecule has 140 valence electrons. The number of H-pyrrole nitrogens is 1. The summed E-state index contributed by atoms with van der Waals surface area (Å²) >= 11 is 1.97. The van der Waals surface area contributed by atoms with Gasteiger partial charge in [-0.1, -0.05) is 55.5 Å². The van der Waals surface area contributed by atoms with Gasteiger partial charge >= 0.3 is 0 Å². The maximum absolute atomic E-state index is 3.61. The van der Waals surface area contributed by atoms with Crippen molar-refractivity contribution in [3.05, 3.63) is 84.6 Å². The summed E-state index contributed by atoms with van der Waals surface area (Å²) in [5.74, 6) is 0. The molecule has 0 fully saturated rings. The first kappa shape index (κ1) is 17.3. The molecule has 2 N–H and O–H groups in total. The monoisotopic (exact) mass is 385 g/mol. The van der Waals surface area contributed by atoms with Gasteiger partial charge in [0.05, 0.1) is 11.4 Å². The molecule has 0 radical (unpaired) electrons. The Morgan fingerprint density at radius 1 is 1.04 bits per heavy atom. The van der Waals surface area contributed by atoms with Crippen molar-refractivity contribution in [1.29, 1.82) is 0 Å². The second-order valence-corrected chi connectivity index (χ2v) is 8.83. The molecule has 1 aliphatic rings. The zero-order valence-corrected chi connectivity index (χ0v) is 16.7. The zero-order chi connectivity index (χ0) is 18.9. The van der Waals surface area contributed by atoms with Gasteiger partial charge in [-0.05, 0) is 29.8 Å². The largest absolute Gasteiger partial charge is 0.365 e. The van der Waals surface area contributed by atoms with E-state index in [1.165, 1.54) is 21.5 Å². The lowest BCUT2D eigenvalue weighted by Gasteiger charge is -2.34. The van der Waals surface area contributed by atoms with E-state index in [1.54, 1.807) is 0 Å². The summed E-state index contributed by atoms with van der Waals surface area (Å²) in [6.07, 6.45) is 2.04. The van der Waals surface area contributed by atoms with E-state index in [0.717, 1.165) is 30.0 Å². The van der Waals surface area contributed by atoms with E-state index < -0.39 is 0 Å². The minimum Gasteiger partial charge on any atom is -0.365 e. The van der Waals surface area contributed by atoms with Gasteiger partial charge in [0.15, 0.2) is 0 Å². The highest BCUT2D eigenvalue weighted by Crippen LogP contribution is 2.41. The molecule has 3 nitrogen and oxygen atoms in total. The SMILES string of the molecule is CC1CN(Cc2ccccc2)c2cc(Nc3c[nH]c4ccccc34)ccc2S1. The predicted molar refractivity (Wildman–Crippen MR) is 121 cm³/mol. The normalized spacial score (nSPS) is 16.2. The Labute approximate surface area is 169 Å². The number of aromatic amines is 1. The third-order valence-electron chi connectivity index (χ3n) is 5.19. The number of hydrogen-bond acceptors (Lipinski definition) is 3. The Hall–Kier alpha value is -2.85. The standard InChI is InChI=1S/C24H23N3S/c1-17-15-27(16-18-7-3-2-4-8-18)23-13-19(11-12-24(23)28-17)26-22-14-25-21-10-6-5-9-20(21)22/h2-14,17,25-26H,15-16H2,1H3. The van der Waals surface area contributed by atoms with Crippen LogP contribution in [-0.4, -0.2) is 16.8 Å². The summed E-state index contributed by atoms with van der Waals surface area (Å²) in [6, 6.07) is 25.8. The van der Waals surface area contributed by atoms with E-state index in [0.29, 0.717) is 5.25 Å². The lowest BCUT2D eigenvalue weighted by molar-refractivity contribution is 0.757. The Morgan fingerprint density at radius 2 is 1.86 bits per heavy atom. The number of nitrogens with one attached hydrogen (secondary N) is 2. The number of anilines is 3. The van der Waals surface area contributed by atoms with Crippen LogP contribution in [0.25, 0.3) is 10.9 Å². The summed E-state index contributed by atoms with van der Waals surface area (Å²) in [6.45, 7) is 4.31. The number of benzene rings is 3. The van der Waals surface area contributed by atoms with Crippen LogP contribution in [0.4, 0.5) is 17.1 Å². The molecule has 0 aliphatic carbocycles. The van der Waals surface area contributed by atoms with Gasteiger partial charge in [0.25, 0.3) is 0 Å². The minimum atomic E-state index is 0.587. The average molecular weight is 386 g/mol. The maximum atomic E-state index is 3.61. The number of aromatic nitrogens is 1. The molecule has 1 aromatic heterocycles. The summed E-state index contributed by atoms with van der Waals surface area (Å²) in [5, 5.41) is 5.40. The van der Waals surface area contributed by atoms with Crippen LogP contribution in [0.1, 0.15) is 12.5 Å². The van der Waals surface area contributed by atoms with Gasteiger partial charge in [0.2, 0.25) is 0 Å². The molecule has 0 spiro atoms. The van der Waals surface area contributed by atoms with Crippen molar-refractivity contribution >= 4 is 39.7 Å². The molecular weight excluding hydrogens is 362 g/mol. The molecule has 5 rings (SSSR count). The van der Waals surface area contributed by atoms with Crippen LogP contribution in [0.5, 0.6) is 0 Å². The van der Waals surface area contributed by atoms with Crippen LogP contribution in [0.15, 0.2) is 83.9 Å². The molecular formula is C24H23N3S. The van der Waals surface area contributed by atoms with Gasteiger partial charge < -0.3 is 15.2 Å². The van der Waals surface area contributed by atoms with Crippen LogP contribution < -0.4 is 10.2 Å². The molecule has 4 aromatic rings. The molecule has 1 atom stereocenters. The molecule has 0 saturated heterocycles. The van der Waals surface area contributed by atoms with Crippen molar-refractivity contribution in [2.45, 2.75) is 23.6 Å². The smallest absolute Gasteiger partial charge is 0.0641 e. The summed E-state index contributed by atoms with van der Waals surface area (Å²) in [7, 11) is 0. The van der Waals surface area contributed by atoms with Crippen molar-refractivity contribution < 1.29 is 0 Å². The van der Waals surface area contributed by atoms with Gasteiger partial charge in [0, 0.05) is 46.0 Å². The minimum absolute atomic E-state index is 0.587. The molecule has 0 bridgehead atoms. The van der Waals surface area contributed by atoms with Gasteiger partial charge in [-0.15, -0.1) is 11.8 Å². The fourth-order valence-electron chi connectivity index (χ4n) is 3.89. The first-order valence-electron chi connectivity index (χ1n) is 9.69. The zero-order valence-electron chi connectivity index (χ0n) is 15.9. The van der Waals surface area contributed by atoms with Crippen molar-refractivity contribution in [3.63, 3.8) is 0 Å². The van der Waals surface area contributed by atoms with E-state index in [9.17, 15) is 0 Å². The average Bonchev–Trinajstić information content (AvgIpc) is 3.12. The summed E-state index contributed by atoms with van der Waals surface area (Å²) in [4.78, 5) is 7.21. The molecule has 1 aliphatic heterocycles. The Balaban J connectivity index is 1.46. The fourth-order valence-corrected chi connectivity index (χ4v) is 5.03. The summed E-state index contributed by atoms with van der Waals surface area (Å²) in [5.41, 5.74) is 6.05. The highest BCUT2D eigenvalue weighted by atomic mass is 32.2. The number of thioether (sulfide) groups is 1. The fraction of sp³-hybridized carbons (Fsp3) is 0.167. The number of nitrogens with zero attached hydrogens (tertiary/aromatic N) is 1. The maximum Gasteiger partial charge on any atom is 0.0641 e. The van der Waals surface area contributed by atoms with Crippen molar-refractivity contribution in [2.75, 3.05) is 16.8 Å². The molecule has 0 saturated carbocycles. The van der Waals surface area contributed by atoms with Crippen LogP contribution in [0, 0.1) is 0 Å². The quantitative estimate of drug-likeness (QED) is 0.425. The van der Waals surface area contributed by atoms with Crippen LogP contribution in [0.3, 0.4) is 0 Å². The summed E-state index contributed by atoms with van der Waals surface area (Å²) < 4.78 is 0. The van der Waals surface area contributed by atoms with E-state index in [-0.39, 0.29) is 0 Å². The van der Waals surface area contributed by atoms with Gasteiger partial charge in [-0.25, -0.2) is 0 Å². The van der Waals surface area contributed by atoms with E-state index in [4.69, 9.17) is 0 Å². The second-order valence-electron chi connectivity index (χ2n) is 7.35.